The van der Waals surface area contributed by atoms with Gasteiger partial charge in [0.2, 0.25) is 0 Å². The Labute approximate surface area is 307 Å². The van der Waals surface area contributed by atoms with Gasteiger partial charge < -0.3 is 42.6 Å². The van der Waals surface area contributed by atoms with Crippen molar-refractivity contribution in [3.63, 3.8) is 0 Å². The van der Waals surface area contributed by atoms with Crippen LogP contribution in [0.4, 0.5) is 0 Å². The number of nitrogens with zero attached hydrogens (tertiary/aromatic N) is 1. The van der Waals surface area contributed by atoms with Crippen molar-refractivity contribution in [2.45, 2.75) is 96.8 Å². The maximum absolute atomic E-state index is 11.9. The van der Waals surface area contributed by atoms with Crippen LogP contribution >= 0.6 is 0 Å². The third-order valence-electron chi connectivity index (χ3n) is 7.94. The van der Waals surface area contributed by atoms with E-state index in [1.165, 1.54) is 82.8 Å². The van der Waals surface area contributed by atoms with Crippen LogP contribution in [0.5, 0.6) is 0 Å². The Bertz CT molecular complexity index is 826. The van der Waals surface area contributed by atoms with Gasteiger partial charge >= 0.3 is 5.97 Å². The Kier molecular flexibility index (Phi) is 34.9. The summed E-state index contributed by atoms with van der Waals surface area (Å²) in [5, 5.41) is 0. The molecule has 0 spiro atoms. The van der Waals surface area contributed by atoms with Crippen molar-refractivity contribution in [2.75, 3.05) is 119 Å². The van der Waals surface area contributed by atoms with Gasteiger partial charge in [-0.3, -0.25) is 19.3 Å². The second-order valence-electron chi connectivity index (χ2n) is 12.3. The van der Waals surface area contributed by atoms with Crippen molar-refractivity contribution in [1.82, 2.24) is 4.90 Å². The van der Waals surface area contributed by atoms with Crippen molar-refractivity contribution in [3.8, 4) is 0 Å². The Morgan fingerprint density at radius 1 is 0.431 bits per heavy atom. The number of amides is 2. The van der Waals surface area contributed by atoms with Gasteiger partial charge in [0, 0.05) is 18.6 Å². The smallest absolute Gasteiger partial charge is 0.305 e. The summed E-state index contributed by atoms with van der Waals surface area (Å²) in [7, 11) is 0. The molecule has 0 aromatic rings. The summed E-state index contributed by atoms with van der Waals surface area (Å²) in [5.74, 6) is -0.752. The Balaban J connectivity index is 1.65. The molecule has 0 aliphatic carbocycles. The summed E-state index contributed by atoms with van der Waals surface area (Å²) in [5.41, 5.74) is 0. The van der Waals surface area contributed by atoms with Crippen LogP contribution in [0.2, 0.25) is 0 Å². The summed E-state index contributed by atoms with van der Waals surface area (Å²) < 4.78 is 48.8. The molecule has 0 aromatic carbocycles. The molecule has 298 valence electrons. The van der Waals surface area contributed by atoms with Crippen LogP contribution in [-0.4, -0.2) is 142 Å². The van der Waals surface area contributed by atoms with Gasteiger partial charge in [0.15, 0.2) is 0 Å². The van der Waals surface area contributed by atoms with Crippen LogP contribution in [0, 0.1) is 0 Å². The summed E-state index contributed by atoms with van der Waals surface area (Å²) in [6.45, 7) is 9.82. The molecule has 2 amide bonds. The first-order valence-electron chi connectivity index (χ1n) is 19.5. The van der Waals surface area contributed by atoms with Crippen molar-refractivity contribution in [3.05, 3.63) is 12.2 Å². The first-order valence-corrected chi connectivity index (χ1v) is 19.5. The number of hydrogen-bond acceptors (Lipinski definition) is 12. The molecule has 1 heterocycles. The fourth-order valence-electron chi connectivity index (χ4n) is 5.02. The first-order chi connectivity index (χ1) is 25.1. The standard InChI is InChI=1S/C38H69NO12/c1-2-3-4-5-6-7-8-9-10-11-12-13-14-15-38(42)51-35-34-50-33-32-49-31-30-48-29-28-47-27-26-46-25-24-45-23-22-44-21-20-43-19-18-39-36(40)16-17-37(39)41/h16-17H,2-15,18-35H2,1H3. The van der Waals surface area contributed by atoms with Gasteiger partial charge in [0.1, 0.15) is 6.61 Å². The second-order valence-corrected chi connectivity index (χ2v) is 12.3. The molecule has 0 fully saturated rings. The molecule has 0 saturated carbocycles. The predicted octanol–water partition coefficient (Wildman–Crippen LogP) is 5.07. The number of unbranched alkanes of at least 4 members (excludes halogenated alkanes) is 12. The summed E-state index contributed by atoms with van der Waals surface area (Å²) in [6, 6.07) is 0. The van der Waals surface area contributed by atoms with Crippen LogP contribution in [-0.2, 0) is 57.0 Å². The fourth-order valence-corrected chi connectivity index (χ4v) is 5.02. The molecule has 0 radical (unpaired) electrons. The number of esters is 1. The average molecular weight is 732 g/mol. The van der Waals surface area contributed by atoms with Crippen LogP contribution in [0.3, 0.4) is 0 Å². The molecule has 1 aliphatic rings. The van der Waals surface area contributed by atoms with Gasteiger partial charge in [-0.05, 0) is 6.42 Å². The minimum absolute atomic E-state index is 0.138. The maximum atomic E-state index is 11.9. The molecule has 0 N–H and O–H groups in total. The van der Waals surface area contributed by atoms with E-state index in [0.29, 0.717) is 106 Å². The van der Waals surface area contributed by atoms with E-state index in [0.717, 1.165) is 17.7 Å². The van der Waals surface area contributed by atoms with Crippen molar-refractivity contribution < 1.29 is 57.0 Å². The average Bonchev–Trinajstić information content (AvgIpc) is 3.45. The zero-order valence-corrected chi connectivity index (χ0v) is 31.6. The lowest BCUT2D eigenvalue weighted by atomic mass is 10.0. The molecule has 0 atom stereocenters. The molecule has 13 heteroatoms. The first kappa shape index (κ1) is 47.1. The zero-order chi connectivity index (χ0) is 36.7. The van der Waals surface area contributed by atoms with Gasteiger partial charge in [-0.15, -0.1) is 0 Å². The lowest BCUT2D eigenvalue weighted by Crippen LogP contribution is -2.33. The molecule has 0 saturated heterocycles. The molecule has 0 aromatic heterocycles. The third kappa shape index (κ3) is 32.4. The molecule has 51 heavy (non-hydrogen) atoms. The van der Waals surface area contributed by atoms with E-state index in [1.54, 1.807) is 0 Å². The molecule has 0 bridgehead atoms. The van der Waals surface area contributed by atoms with Crippen molar-refractivity contribution >= 4 is 17.8 Å². The molecule has 1 rings (SSSR count). The van der Waals surface area contributed by atoms with E-state index < -0.39 is 0 Å². The van der Waals surface area contributed by atoms with Gasteiger partial charge in [0.05, 0.1) is 112 Å². The monoisotopic (exact) mass is 731 g/mol. The summed E-state index contributed by atoms with van der Waals surface area (Å²) >= 11 is 0. The highest BCUT2D eigenvalue weighted by molar-refractivity contribution is 6.12. The quantitative estimate of drug-likeness (QED) is 0.0472. The number of imide groups is 1. The topological polar surface area (TPSA) is 138 Å². The van der Waals surface area contributed by atoms with E-state index in [-0.39, 0.29) is 37.5 Å². The van der Waals surface area contributed by atoms with E-state index >= 15 is 0 Å². The van der Waals surface area contributed by atoms with Crippen LogP contribution in [0.1, 0.15) is 96.8 Å². The minimum atomic E-state index is -0.307. The third-order valence-corrected chi connectivity index (χ3v) is 7.94. The fraction of sp³-hybridized carbons (Fsp3) is 0.868. The minimum Gasteiger partial charge on any atom is -0.463 e. The lowest BCUT2D eigenvalue weighted by molar-refractivity contribution is -0.145. The largest absolute Gasteiger partial charge is 0.463 e. The molecule has 1 aliphatic heterocycles. The summed E-state index contributed by atoms with van der Waals surface area (Å²) in [6.07, 6.45) is 19.8. The maximum Gasteiger partial charge on any atom is 0.305 e. The molecular formula is C38H69NO12. The highest BCUT2D eigenvalue weighted by atomic mass is 16.6. The number of ether oxygens (including phenoxy) is 9. The van der Waals surface area contributed by atoms with Gasteiger partial charge in [-0.2, -0.15) is 0 Å². The molecule has 0 unspecified atom stereocenters. The van der Waals surface area contributed by atoms with E-state index in [9.17, 15) is 14.4 Å². The van der Waals surface area contributed by atoms with Crippen LogP contribution in [0.15, 0.2) is 12.2 Å². The van der Waals surface area contributed by atoms with Gasteiger partial charge in [-0.1, -0.05) is 84.0 Å². The van der Waals surface area contributed by atoms with Crippen molar-refractivity contribution in [1.29, 1.82) is 0 Å². The number of carbonyl (C=O) groups is 3. The van der Waals surface area contributed by atoms with Gasteiger partial charge in [-0.25, -0.2) is 0 Å². The molecule has 13 nitrogen and oxygen atoms in total. The predicted molar refractivity (Wildman–Crippen MR) is 194 cm³/mol. The SMILES string of the molecule is CCCCCCCCCCCCCCCC(=O)OCCOCCOCCOCCOCCOCCOCCOCCOCCN1C(=O)C=CC1=O. The second kappa shape index (κ2) is 37.8. The Hall–Kier alpha value is -1.97. The lowest BCUT2D eigenvalue weighted by Gasteiger charge is -2.13. The number of rotatable bonds is 41. The highest BCUT2D eigenvalue weighted by Gasteiger charge is 2.22. The molecular weight excluding hydrogens is 662 g/mol. The van der Waals surface area contributed by atoms with E-state index in [4.69, 9.17) is 42.6 Å². The number of carbonyl (C=O) groups excluding carboxylic acids is 3. The Morgan fingerprint density at radius 3 is 1.08 bits per heavy atom. The van der Waals surface area contributed by atoms with E-state index in [1.807, 2.05) is 0 Å². The summed E-state index contributed by atoms with van der Waals surface area (Å²) in [4.78, 5) is 35.8. The van der Waals surface area contributed by atoms with Crippen LogP contribution < -0.4 is 0 Å². The van der Waals surface area contributed by atoms with Crippen LogP contribution in [0.25, 0.3) is 0 Å². The number of hydrogen-bond donors (Lipinski definition) is 0. The highest BCUT2D eigenvalue weighted by Crippen LogP contribution is 2.13. The normalized spacial score (nSPS) is 12.8. The van der Waals surface area contributed by atoms with E-state index in [2.05, 4.69) is 6.92 Å². The van der Waals surface area contributed by atoms with Gasteiger partial charge in [0.25, 0.3) is 11.8 Å². The Morgan fingerprint density at radius 2 is 0.725 bits per heavy atom. The zero-order valence-electron chi connectivity index (χ0n) is 31.6. The van der Waals surface area contributed by atoms with Crippen molar-refractivity contribution in [2.24, 2.45) is 0 Å².